The fourth-order valence-corrected chi connectivity index (χ4v) is 2.25. The minimum absolute atomic E-state index is 0.000132. The average Bonchev–Trinajstić information content (AvgIpc) is 3.04. The number of nitrogens with zero attached hydrogens (tertiary/aromatic N) is 5. The van der Waals surface area contributed by atoms with Gasteiger partial charge in [0.15, 0.2) is 0 Å². The quantitative estimate of drug-likeness (QED) is 0.560. The van der Waals surface area contributed by atoms with Crippen LogP contribution in [-0.4, -0.2) is 28.0 Å². The molecular weight excluding hydrogens is 242 g/mol. The van der Waals surface area contributed by atoms with Crippen molar-refractivity contribution in [2.45, 2.75) is 44.2 Å². The van der Waals surface area contributed by atoms with Crippen molar-refractivity contribution in [1.82, 2.24) is 4.57 Å². The van der Waals surface area contributed by atoms with Crippen molar-refractivity contribution in [2.75, 3.05) is 6.61 Å². The number of hydrogen-bond donors (Lipinski definition) is 1. The number of imidazole rings is 1. The van der Waals surface area contributed by atoms with Crippen LogP contribution in [0.4, 0.5) is 0 Å². The summed E-state index contributed by atoms with van der Waals surface area (Å²) in [5.74, 6) is 0. The van der Waals surface area contributed by atoms with Crippen LogP contribution < -0.4 is 4.57 Å². The monoisotopic (exact) mass is 264 g/mol. The van der Waals surface area contributed by atoms with Gasteiger partial charge in [0.2, 0.25) is 6.33 Å². The molecule has 0 fully saturated rings. The van der Waals surface area contributed by atoms with Crippen LogP contribution >= 0.6 is 0 Å². The van der Waals surface area contributed by atoms with E-state index in [4.69, 9.17) is 0 Å². The third-order valence-electron chi connectivity index (χ3n) is 3.47. The Kier molecular flexibility index (Phi) is 4.79. The average molecular weight is 264 g/mol. The first-order valence-electron chi connectivity index (χ1n) is 6.82. The fraction of sp³-hybridized carbons (Fsp3) is 0.692. The predicted molar refractivity (Wildman–Crippen MR) is 71.9 cm³/mol. The van der Waals surface area contributed by atoms with E-state index in [1.165, 1.54) is 12.8 Å². The van der Waals surface area contributed by atoms with Gasteiger partial charge in [-0.2, -0.15) is 5.11 Å². The van der Waals surface area contributed by atoms with Crippen molar-refractivity contribution in [3.63, 3.8) is 0 Å². The van der Waals surface area contributed by atoms with Gasteiger partial charge in [-0.05, 0) is 24.5 Å². The highest BCUT2D eigenvalue weighted by Gasteiger charge is 2.29. The van der Waals surface area contributed by atoms with Crippen LogP contribution in [0.15, 0.2) is 34.2 Å². The Morgan fingerprint density at radius 2 is 2.11 bits per heavy atom. The standard InChI is InChI=1S/C13H22N5O/c1-17-8-9-18(12-17)7-5-3-2-4-6-13(11-19)10-14-16-15-13/h8-10,12,19H,2-7,11H2,1H3/q+1. The Morgan fingerprint density at radius 3 is 2.74 bits per heavy atom. The lowest BCUT2D eigenvalue weighted by Crippen LogP contribution is -2.30. The number of aromatic nitrogens is 2. The van der Waals surface area contributed by atoms with Crippen LogP contribution in [0.5, 0.6) is 0 Å². The summed E-state index contributed by atoms with van der Waals surface area (Å²) in [6, 6.07) is 0. The van der Waals surface area contributed by atoms with Crippen LogP contribution in [0, 0.1) is 0 Å². The van der Waals surface area contributed by atoms with E-state index in [0.29, 0.717) is 0 Å². The Balaban J connectivity index is 1.57. The second-order valence-electron chi connectivity index (χ2n) is 5.18. The first-order chi connectivity index (χ1) is 9.24. The molecule has 0 radical (unpaired) electrons. The third-order valence-corrected chi connectivity index (χ3v) is 3.47. The Bertz CT molecular complexity index is 440. The smallest absolute Gasteiger partial charge is 0.243 e. The molecule has 0 bridgehead atoms. The lowest BCUT2D eigenvalue weighted by atomic mass is 9.95. The van der Waals surface area contributed by atoms with Gasteiger partial charge in [-0.15, -0.1) is 5.10 Å². The minimum atomic E-state index is -0.534. The molecule has 1 aromatic heterocycles. The SMILES string of the molecule is C[n+]1ccn(CCCCCCC2(CO)C=NN=N2)c1. The van der Waals surface area contributed by atoms with Crippen molar-refractivity contribution >= 4 is 6.21 Å². The zero-order valence-corrected chi connectivity index (χ0v) is 11.4. The van der Waals surface area contributed by atoms with Gasteiger partial charge in [0.1, 0.15) is 17.9 Å². The summed E-state index contributed by atoms with van der Waals surface area (Å²) in [6.45, 7) is 1.06. The molecule has 0 aliphatic carbocycles. The van der Waals surface area contributed by atoms with E-state index in [2.05, 4.69) is 43.3 Å². The fourth-order valence-electron chi connectivity index (χ4n) is 2.25. The summed E-state index contributed by atoms with van der Waals surface area (Å²) in [7, 11) is 2.03. The van der Waals surface area contributed by atoms with Crippen molar-refractivity contribution in [3.05, 3.63) is 18.7 Å². The van der Waals surface area contributed by atoms with E-state index in [-0.39, 0.29) is 6.61 Å². The third kappa shape index (κ3) is 3.96. The maximum Gasteiger partial charge on any atom is 0.243 e. The molecule has 0 aromatic carbocycles. The van der Waals surface area contributed by atoms with Gasteiger partial charge < -0.3 is 5.11 Å². The zero-order valence-electron chi connectivity index (χ0n) is 11.4. The molecule has 0 saturated heterocycles. The van der Waals surface area contributed by atoms with Gasteiger partial charge in [0, 0.05) is 0 Å². The second-order valence-corrected chi connectivity index (χ2v) is 5.18. The predicted octanol–water partition coefficient (Wildman–Crippen LogP) is 1.45. The van der Waals surface area contributed by atoms with E-state index in [0.717, 1.165) is 25.8 Å². The molecule has 6 heteroatoms. The molecule has 0 saturated carbocycles. The van der Waals surface area contributed by atoms with Crippen LogP contribution in [0.2, 0.25) is 0 Å². The number of aryl methyl sites for hydroxylation is 2. The highest BCUT2D eigenvalue weighted by molar-refractivity contribution is 5.71. The molecule has 19 heavy (non-hydrogen) atoms. The van der Waals surface area contributed by atoms with E-state index in [9.17, 15) is 5.11 Å². The van der Waals surface area contributed by atoms with E-state index < -0.39 is 5.54 Å². The molecule has 1 unspecified atom stereocenters. The van der Waals surface area contributed by atoms with Crippen LogP contribution in [0.1, 0.15) is 32.1 Å². The summed E-state index contributed by atoms with van der Waals surface area (Å²) in [4.78, 5) is 0. The summed E-state index contributed by atoms with van der Waals surface area (Å²) >= 11 is 0. The second kappa shape index (κ2) is 6.56. The number of aliphatic hydroxyl groups excluding tert-OH is 1. The van der Waals surface area contributed by atoms with E-state index >= 15 is 0 Å². The topological polar surface area (TPSA) is 66.1 Å². The van der Waals surface area contributed by atoms with E-state index in [1.807, 2.05) is 7.05 Å². The highest BCUT2D eigenvalue weighted by Crippen LogP contribution is 2.22. The largest absolute Gasteiger partial charge is 0.393 e. The molecule has 1 atom stereocenters. The summed E-state index contributed by atoms with van der Waals surface area (Å²) in [5.41, 5.74) is -0.534. The molecule has 1 aromatic rings. The number of aliphatic hydroxyl groups is 1. The summed E-state index contributed by atoms with van der Waals surface area (Å²) in [6.07, 6.45) is 13.3. The molecule has 2 rings (SSSR count). The van der Waals surface area contributed by atoms with Gasteiger partial charge >= 0.3 is 0 Å². The molecule has 2 heterocycles. The maximum absolute atomic E-state index is 9.32. The van der Waals surface area contributed by atoms with Gasteiger partial charge in [0.05, 0.1) is 26.4 Å². The van der Waals surface area contributed by atoms with Crippen molar-refractivity contribution in [3.8, 4) is 0 Å². The molecular formula is C13H22N5O+. The first kappa shape index (κ1) is 13.9. The Hall–Kier alpha value is -1.56. The van der Waals surface area contributed by atoms with E-state index in [1.54, 1.807) is 6.21 Å². The summed E-state index contributed by atoms with van der Waals surface area (Å²) in [5, 5.41) is 20.6. The summed E-state index contributed by atoms with van der Waals surface area (Å²) < 4.78 is 4.25. The number of hydrogen-bond acceptors (Lipinski definition) is 4. The minimum Gasteiger partial charge on any atom is -0.393 e. The van der Waals surface area contributed by atoms with Crippen LogP contribution in [-0.2, 0) is 13.6 Å². The van der Waals surface area contributed by atoms with Crippen LogP contribution in [0.25, 0.3) is 0 Å². The molecule has 1 aliphatic heterocycles. The lowest BCUT2D eigenvalue weighted by Gasteiger charge is -2.17. The van der Waals surface area contributed by atoms with Crippen LogP contribution in [0.3, 0.4) is 0 Å². The number of unbranched alkanes of at least 4 members (excludes halogenated alkanes) is 3. The molecule has 6 nitrogen and oxygen atoms in total. The van der Waals surface area contributed by atoms with Gasteiger partial charge in [-0.1, -0.05) is 12.8 Å². The zero-order chi connectivity index (χ0) is 13.6. The maximum atomic E-state index is 9.32. The lowest BCUT2D eigenvalue weighted by molar-refractivity contribution is -0.671. The van der Waals surface area contributed by atoms with Gasteiger partial charge in [0.25, 0.3) is 0 Å². The van der Waals surface area contributed by atoms with Gasteiger partial charge in [-0.25, -0.2) is 9.13 Å². The first-order valence-corrected chi connectivity index (χ1v) is 6.82. The molecule has 0 amide bonds. The van der Waals surface area contributed by atoms with Crippen molar-refractivity contribution in [2.24, 2.45) is 22.5 Å². The molecule has 104 valence electrons. The normalized spacial score (nSPS) is 21.4. The highest BCUT2D eigenvalue weighted by atomic mass is 16.3. The Morgan fingerprint density at radius 1 is 1.26 bits per heavy atom. The van der Waals surface area contributed by atoms with Gasteiger partial charge in [-0.3, -0.25) is 0 Å². The van der Waals surface area contributed by atoms with Crippen molar-refractivity contribution in [1.29, 1.82) is 0 Å². The Labute approximate surface area is 113 Å². The molecule has 0 spiro atoms. The molecule has 1 aliphatic rings. The van der Waals surface area contributed by atoms with Crippen molar-refractivity contribution < 1.29 is 9.67 Å². The molecule has 1 N–H and O–H groups in total. The number of rotatable bonds is 8.